The third-order valence-corrected chi connectivity index (χ3v) is 4.05. The summed E-state index contributed by atoms with van der Waals surface area (Å²) in [5, 5.41) is 9.01. The minimum atomic E-state index is 0.747. The van der Waals surface area contributed by atoms with Gasteiger partial charge in [0.15, 0.2) is 0 Å². The summed E-state index contributed by atoms with van der Waals surface area (Å²) in [6.45, 7) is 1.50. The minimum absolute atomic E-state index is 0.747. The molecule has 0 fully saturated rings. The third-order valence-electron chi connectivity index (χ3n) is 4.05. The molecule has 0 bridgehead atoms. The summed E-state index contributed by atoms with van der Waals surface area (Å²) in [5.41, 5.74) is 3.55. The molecule has 0 spiro atoms. The van der Waals surface area contributed by atoms with Crippen LogP contribution in [0.2, 0.25) is 0 Å². The molecule has 0 unspecified atom stereocenters. The van der Waals surface area contributed by atoms with E-state index in [-0.39, 0.29) is 0 Å². The SMILES string of the molecule is c1ccc(CNc2nccc3c2cnn3Cc2ccccc2)cc1. The monoisotopic (exact) mass is 314 g/mol. The van der Waals surface area contributed by atoms with E-state index in [0.717, 1.165) is 29.8 Å². The lowest BCUT2D eigenvalue weighted by molar-refractivity contribution is 0.712. The number of fused-ring (bicyclic) bond motifs is 1. The van der Waals surface area contributed by atoms with E-state index in [1.807, 2.05) is 47.4 Å². The predicted octanol–water partition coefficient (Wildman–Crippen LogP) is 4.09. The molecule has 2 aromatic carbocycles. The molecule has 0 aliphatic rings. The molecule has 2 heterocycles. The molecule has 4 heteroatoms. The number of nitrogens with one attached hydrogen (secondary N) is 1. The van der Waals surface area contributed by atoms with Crippen LogP contribution in [0.5, 0.6) is 0 Å². The number of anilines is 1. The number of hydrogen-bond acceptors (Lipinski definition) is 3. The van der Waals surface area contributed by atoms with E-state index in [4.69, 9.17) is 0 Å². The number of nitrogens with zero attached hydrogens (tertiary/aromatic N) is 3. The van der Waals surface area contributed by atoms with Crippen molar-refractivity contribution in [2.45, 2.75) is 13.1 Å². The highest BCUT2D eigenvalue weighted by atomic mass is 15.3. The lowest BCUT2D eigenvalue weighted by Gasteiger charge is -2.08. The Morgan fingerprint density at radius 1 is 0.833 bits per heavy atom. The highest BCUT2D eigenvalue weighted by Gasteiger charge is 2.08. The number of rotatable bonds is 5. The van der Waals surface area contributed by atoms with E-state index < -0.39 is 0 Å². The molecule has 4 nitrogen and oxygen atoms in total. The zero-order chi connectivity index (χ0) is 16.2. The van der Waals surface area contributed by atoms with E-state index in [1.54, 1.807) is 0 Å². The topological polar surface area (TPSA) is 42.7 Å². The van der Waals surface area contributed by atoms with E-state index in [9.17, 15) is 0 Å². The van der Waals surface area contributed by atoms with Crippen LogP contribution in [0, 0.1) is 0 Å². The molecule has 0 radical (unpaired) electrons. The van der Waals surface area contributed by atoms with Gasteiger partial charge in [0.2, 0.25) is 0 Å². The van der Waals surface area contributed by atoms with Crippen LogP contribution in [0.4, 0.5) is 5.82 Å². The van der Waals surface area contributed by atoms with Gasteiger partial charge >= 0.3 is 0 Å². The van der Waals surface area contributed by atoms with Gasteiger partial charge in [0.05, 0.1) is 23.6 Å². The van der Waals surface area contributed by atoms with Gasteiger partial charge in [-0.05, 0) is 17.2 Å². The van der Waals surface area contributed by atoms with Gasteiger partial charge in [-0.1, -0.05) is 60.7 Å². The first-order valence-electron chi connectivity index (χ1n) is 8.02. The van der Waals surface area contributed by atoms with Crippen LogP contribution in [0.3, 0.4) is 0 Å². The van der Waals surface area contributed by atoms with Gasteiger partial charge in [-0.15, -0.1) is 0 Å². The van der Waals surface area contributed by atoms with Crippen molar-refractivity contribution in [2.75, 3.05) is 5.32 Å². The van der Waals surface area contributed by atoms with Gasteiger partial charge in [-0.2, -0.15) is 5.10 Å². The standard InChI is InChI=1S/C20H18N4/c1-3-7-16(8-4-1)13-22-20-18-14-23-24(19(18)11-12-21-20)15-17-9-5-2-6-10-17/h1-12,14H,13,15H2,(H,21,22). The maximum atomic E-state index is 4.54. The molecular formula is C20H18N4. The molecule has 4 aromatic rings. The maximum Gasteiger partial charge on any atom is 0.137 e. The van der Waals surface area contributed by atoms with Gasteiger partial charge in [0.1, 0.15) is 5.82 Å². The predicted molar refractivity (Wildman–Crippen MR) is 96.8 cm³/mol. The molecule has 0 amide bonds. The van der Waals surface area contributed by atoms with Crippen LogP contribution in [-0.2, 0) is 13.1 Å². The fourth-order valence-electron chi connectivity index (χ4n) is 2.81. The van der Waals surface area contributed by atoms with Crippen LogP contribution in [0.25, 0.3) is 10.9 Å². The first-order chi connectivity index (χ1) is 11.9. The van der Waals surface area contributed by atoms with Crippen molar-refractivity contribution < 1.29 is 0 Å². The van der Waals surface area contributed by atoms with E-state index >= 15 is 0 Å². The molecule has 24 heavy (non-hydrogen) atoms. The Hall–Kier alpha value is -3.14. The summed E-state index contributed by atoms with van der Waals surface area (Å²) in [4.78, 5) is 4.48. The van der Waals surface area contributed by atoms with Crippen LogP contribution in [-0.4, -0.2) is 14.8 Å². The molecule has 0 saturated heterocycles. The average molecular weight is 314 g/mol. The average Bonchev–Trinajstić information content (AvgIpc) is 3.05. The van der Waals surface area contributed by atoms with E-state index in [0.29, 0.717) is 0 Å². The minimum Gasteiger partial charge on any atom is -0.365 e. The van der Waals surface area contributed by atoms with Crippen molar-refractivity contribution in [3.05, 3.63) is 90.3 Å². The Balaban J connectivity index is 1.59. The smallest absolute Gasteiger partial charge is 0.137 e. The van der Waals surface area contributed by atoms with Crippen molar-refractivity contribution in [2.24, 2.45) is 0 Å². The van der Waals surface area contributed by atoms with Gasteiger partial charge in [0, 0.05) is 12.7 Å². The molecule has 1 N–H and O–H groups in total. The molecule has 118 valence electrons. The fourth-order valence-corrected chi connectivity index (χ4v) is 2.81. The van der Waals surface area contributed by atoms with Crippen LogP contribution in [0.15, 0.2) is 79.1 Å². The van der Waals surface area contributed by atoms with Crippen molar-refractivity contribution in [1.82, 2.24) is 14.8 Å². The molecule has 0 aliphatic heterocycles. The molecule has 4 rings (SSSR count). The Labute approximate surface area is 140 Å². The van der Waals surface area contributed by atoms with Gasteiger partial charge < -0.3 is 5.32 Å². The first-order valence-corrected chi connectivity index (χ1v) is 8.02. The summed E-state index contributed by atoms with van der Waals surface area (Å²) in [6, 6.07) is 22.7. The lowest BCUT2D eigenvalue weighted by Crippen LogP contribution is -2.03. The van der Waals surface area contributed by atoms with Crippen LogP contribution >= 0.6 is 0 Å². The summed E-state index contributed by atoms with van der Waals surface area (Å²) in [7, 11) is 0. The van der Waals surface area contributed by atoms with Crippen molar-refractivity contribution in [1.29, 1.82) is 0 Å². The Bertz CT molecular complexity index is 930. The third kappa shape index (κ3) is 2.99. The highest BCUT2D eigenvalue weighted by molar-refractivity contribution is 5.89. The van der Waals surface area contributed by atoms with Crippen molar-refractivity contribution in [3.8, 4) is 0 Å². The van der Waals surface area contributed by atoms with Crippen LogP contribution in [0.1, 0.15) is 11.1 Å². The molecule has 2 aromatic heterocycles. The molecule has 0 saturated carbocycles. The second kappa shape index (κ2) is 6.54. The Morgan fingerprint density at radius 3 is 2.29 bits per heavy atom. The Morgan fingerprint density at radius 2 is 1.54 bits per heavy atom. The quantitative estimate of drug-likeness (QED) is 0.603. The number of benzene rings is 2. The largest absolute Gasteiger partial charge is 0.365 e. The first kappa shape index (κ1) is 14.5. The van der Waals surface area contributed by atoms with Gasteiger partial charge in [0.25, 0.3) is 0 Å². The second-order valence-corrected chi connectivity index (χ2v) is 5.72. The van der Waals surface area contributed by atoms with Crippen molar-refractivity contribution >= 4 is 16.7 Å². The lowest BCUT2D eigenvalue weighted by atomic mass is 10.2. The van der Waals surface area contributed by atoms with E-state index in [2.05, 4.69) is 51.8 Å². The van der Waals surface area contributed by atoms with Gasteiger partial charge in [-0.25, -0.2) is 4.98 Å². The van der Waals surface area contributed by atoms with E-state index in [1.165, 1.54) is 11.1 Å². The van der Waals surface area contributed by atoms with Gasteiger partial charge in [-0.3, -0.25) is 4.68 Å². The van der Waals surface area contributed by atoms with Crippen molar-refractivity contribution in [3.63, 3.8) is 0 Å². The highest BCUT2D eigenvalue weighted by Crippen LogP contribution is 2.22. The van der Waals surface area contributed by atoms with Crippen LogP contribution < -0.4 is 5.32 Å². The molecule has 0 aliphatic carbocycles. The molecule has 0 atom stereocenters. The maximum absolute atomic E-state index is 4.54. The zero-order valence-electron chi connectivity index (χ0n) is 13.3. The Kier molecular flexibility index (Phi) is 3.94. The second-order valence-electron chi connectivity index (χ2n) is 5.72. The number of pyridine rings is 1. The zero-order valence-corrected chi connectivity index (χ0v) is 13.3. The normalized spacial score (nSPS) is 10.8. The summed E-state index contributed by atoms with van der Waals surface area (Å²) in [6.07, 6.45) is 3.72. The summed E-state index contributed by atoms with van der Waals surface area (Å²) < 4.78 is 2.01. The molecular weight excluding hydrogens is 296 g/mol. The summed E-state index contributed by atoms with van der Waals surface area (Å²) in [5.74, 6) is 0.871. The number of aromatic nitrogens is 3. The summed E-state index contributed by atoms with van der Waals surface area (Å²) >= 11 is 0. The number of hydrogen-bond donors (Lipinski definition) is 1. The fraction of sp³-hybridized carbons (Fsp3) is 0.100.